The van der Waals surface area contributed by atoms with E-state index < -0.39 is 0 Å². The van der Waals surface area contributed by atoms with E-state index in [2.05, 4.69) is 279 Å². The van der Waals surface area contributed by atoms with Crippen LogP contribution < -0.4 is 9.80 Å². The van der Waals surface area contributed by atoms with Gasteiger partial charge in [0.05, 0.1) is 0 Å². The minimum absolute atomic E-state index is 1.09. The molecular weight excluding hydrogens is 725 g/mol. The lowest BCUT2D eigenvalue weighted by Gasteiger charge is -2.26. The van der Waals surface area contributed by atoms with E-state index in [4.69, 9.17) is 0 Å². The molecule has 0 aliphatic heterocycles. The van der Waals surface area contributed by atoms with Crippen LogP contribution in [0.25, 0.3) is 35.4 Å². The van der Waals surface area contributed by atoms with Gasteiger partial charge in [-0.1, -0.05) is 193 Å². The van der Waals surface area contributed by atoms with Crippen molar-refractivity contribution in [2.24, 2.45) is 0 Å². The molecule has 0 aliphatic rings. The summed E-state index contributed by atoms with van der Waals surface area (Å²) in [5.41, 5.74) is 16.1. The Morgan fingerprint density at radius 3 is 0.917 bits per heavy atom. The highest BCUT2D eigenvalue weighted by Crippen LogP contribution is 2.38. The van der Waals surface area contributed by atoms with Crippen molar-refractivity contribution in [3.8, 4) is 11.1 Å². The SMILES string of the molecule is Cc1cccc(/C=C/C=C/c2cccc(N(c3ccccc3)c3ccc(-c4ccc(N(c5ccccc5)c5cccc(/C=C/C=C/c6cccc(C)c6)c5)cc4)cc3)c2)c1. The summed E-state index contributed by atoms with van der Waals surface area (Å²) in [5, 5.41) is 0. The minimum atomic E-state index is 1.09. The molecule has 8 rings (SSSR count). The van der Waals surface area contributed by atoms with Crippen LogP contribution in [-0.2, 0) is 0 Å². The van der Waals surface area contributed by atoms with Crippen LogP contribution >= 0.6 is 0 Å². The lowest BCUT2D eigenvalue weighted by molar-refractivity contribution is 1.28. The highest BCUT2D eigenvalue weighted by atomic mass is 15.1. The van der Waals surface area contributed by atoms with Crippen LogP contribution in [0.15, 0.2) is 231 Å². The fourth-order valence-electron chi connectivity index (χ4n) is 7.40. The second kappa shape index (κ2) is 19.2. The second-order valence-corrected chi connectivity index (χ2v) is 14.9. The number of anilines is 6. The quantitative estimate of drug-likeness (QED) is 0.108. The van der Waals surface area contributed by atoms with Gasteiger partial charge in [0.2, 0.25) is 0 Å². The number of hydrogen-bond donors (Lipinski definition) is 0. The Hall–Kier alpha value is -7.68. The van der Waals surface area contributed by atoms with Crippen LogP contribution in [0.2, 0.25) is 0 Å². The molecule has 0 radical (unpaired) electrons. The Bertz CT molecular complexity index is 2560. The maximum atomic E-state index is 2.31. The largest absolute Gasteiger partial charge is 0.310 e. The first-order valence-electron chi connectivity index (χ1n) is 20.5. The van der Waals surface area contributed by atoms with Crippen molar-refractivity contribution in [1.29, 1.82) is 0 Å². The van der Waals surface area contributed by atoms with Gasteiger partial charge in [-0.3, -0.25) is 0 Å². The Morgan fingerprint density at radius 1 is 0.267 bits per heavy atom. The predicted octanol–water partition coefficient (Wildman–Crippen LogP) is 16.4. The summed E-state index contributed by atoms with van der Waals surface area (Å²) in [5.74, 6) is 0. The molecule has 0 amide bonds. The molecule has 2 heteroatoms. The maximum Gasteiger partial charge on any atom is 0.0467 e. The van der Waals surface area contributed by atoms with E-state index in [0.717, 1.165) is 56.4 Å². The second-order valence-electron chi connectivity index (χ2n) is 14.9. The standard InChI is InChI=1S/C58H48N2/c1-45-17-13-23-47(41-45)19-9-11-21-49-25-15-31-57(43-49)59(53-27-5-3-6-28-53)55-37-33-51(34-38-55)52-35-39-56(40-36-52)60(54-29-7-4-8-30-54)58-32-16-26-50(44-58)22-12-10-20-48-24-14-18-46(2)42-48/h3-44H,1-2H3/b19-9+,20-10+,21-11+,22-12+. The van der Waals surface area contributed by atoms with Gasteiger partial charge in [-0.2, -0.15) is 0 Å². The van der Waals surface area contributed by atoms with Gasteiger partial charge in [0.1, 0.15) is 0 Å². The van der Waals surface area contributed by atoms with Gasteiger partial charge < -0.3 is 9.80 Å². The number of allylic oxidation sites excluding steroid dienone is 4. The van der Waals surface area contributed by atoms with E-state index in [1.54, 1.807) is 0 Å². The number of para-hydroxylation sites is 2. The van der Waals surface area contributed by atoms with E-state index in [0.29, 0.717) is 0 Å². The molecule has 0 atom stereocenters. The monoisotopic (exact) mass is 772 g/mol. The van der Waals surface area contributed by atoms with Gasteiger partial charge in [0.15, 0.2) is 0 Å². The molecular formula is C58H48N2. The fourth-order valence-corrected chi connectivity index (χ4v) is 7.40. The van der Waals surface area contributed by atoms with E-state index >= 15 is 0 Å². The van der Waals surface area contributed by atoms with Crippen LogP contribution in [0.4, 0.5) is 34.1 Å². The molecule has 2 nitrogen and oxygen atoms in total. The van der Waals surface area contributed by atoms with Crippen molar-refractivity contribution in [1.82, 2.24) is 0 Å². The summed E-state index contributed by atoms with van der Waals surface area (Å²) < 4.78 is 0. The molecule has 8 aromatic carbocycles. The first-order chi connectivity index (χ1) is 29.6. The van der Waals surface area contributed by atoms with Gasteiger partial charge in [-0.25, -0.2) is 0 Å². The van der Waals surface area contributed by atoms with E-state index in [9.17, 15) is 0 Å². The molecule has 0 spiro atoms. The fraction of sp³-hybridized carbons (Fsp3) is 0.0345. The molecule has 0 aromatic heterocycles. The minimum Gasteiger partial charge on any atom is -0.310 e. The molecule has 0 unspecified atom stereocenters. The van der Waals surface area contributed by atoms with Gasteiger partial charge >= 0.3 is 0 Å². The van der Waals surface area contributed by atoms with Crippen molar-refractivity contribution < 1.29 is 0 Å². The number of aryl methyl sites for hydroxylation is 2. The zero-order valence-corrected chi connectivity index (χ0v) is 34.1. The normalized spacial score (nSPS) is 11.6. The maximum absolute atomic E-state index is 2.31. The summed E-state index contributed by atoms with van der Waals surface area (Å²) in [6, 6.07) is 73.3. The third-order valence-electron chi connectivity index (χ3n) is 10.3. The molecule has 8 aromatic rings. The number of benzene rings is 8. The van der Waals surface area contributed by atoms with Gasteiger partial charge in [0, 0.05) is 34.1 Å². The van der Waals surface area contributed by atoms with Crippen LogP contribution in [0.3, 0.4) is 0 Å². The third-order valence-corrected chi connectivity index (χ3v) is 10.3. The smallest absolute Gasteiger partial charge is 0.0467 e. The molecule has 0 bridgehead atoms. The van der Waals surface area contributed by atoms with Crippen LogP contribution in [-0.4, -0.2) is 0 Å². The number of nitrogens with zero attached hydrogens (tertiary/aromatic N) is 2. The lowest BCUT2D eigenvalue weighted by atomic mass is 10.0. The number of rotatable bonds is 13. The molecule has 0 saturated heterocycles. The molecule has 0 aliphatic carbocycles. The highest BCUT2D eigenvalue weighted by molar-refractivity contribution is 5.82. The van der Waals surface area contributed by atoms with Crippen molar-refractivity contribution in [3.63, 3.8) is 0 Å². The zero-order valence-electron chi connectivity index (χ0n) is 34.1. The van der Waals surface area contributed by atoms with E-state index in [1.165, 1.54) is 22.3 Å². The van der Waals surface area contributed by atoms with Crippen molar-refractivity contribution in [2.45, 2.75) is 13.8 Å². The molecule has 290 valence electrons. The van der Waals surface area contributed by atoms with Gasteiger partial charge in [0.25, 0.3) is 0 Å². The predicted molar refractivity (Wildman–Crippen MR) is 260 cm³/mol. The summed E-state index contributed by atoms with van der Waals surface area (Å²) >= 11 is 0. The molecule has 0 saturated carbocycles. The first-order valence-corrected chi connectivity index (χ1v) is 20.5. The van der Waals surface area contributed by atoms with Crippen molar-refractivity contribution >= 4 is 58.4 Å². The molecule has 0 heterocycles. The highest BCUT2D eigenvalue weighted by Gasteiger charge is 2.15. The average Bonchev–Trinajstić information content (AvgIpc) is 3.29. The van der Waals surface area contributed by atoms with Gasteiger partial charge in [-0.05, 0) is 120 Å². The molecule has 0 N–H and O–H groups in total. The molecule has 0 fully saturated rings. The van der Waals surface area contributed by atoms with Crippen molar-refractivity contribution in [3.05, 3.63) is 264 Å². The van der Waals surface area contributed by atoms with Gasteiger partial charge in [-0.15, -0.1) is 0 Å². The van der Waals surface area contributed by atoms with Crippen LogP contribution in [0.1, 0.15) is 33.4 Å². The summed E-state index contributed by atoms with van der Waals surface area (Å²) in [7, 11) is 0. The first kappa shape index (κ1) is 39.2. The average molecular weight is 773 g/mol. The summed E-state index contributed by atoms with van der Waals surface area (Å²) in [4.78, 5) is 4.63. The lowest BCUT2D eigenvalue weighted by Crippen LogP contribution is -2.10. The summed E-state index contributed by atoms with van der Waals surface area (Å²) in [6.07, 6.45) is 17.0. The Balaban J connectivity index is 1.02. The van der Waals surface area contributed by atoms with Crippen LogP contribution in [0.5, 0.6) is 0 Å². The Labute approximate surface area is 355 Å². The Kier molecular flexibility index (Phi) is 12.5. The third kappa shape index (κ3) is 10.1. The van der Waals surface area contributed by atoms with E-state index in [-0.39, 0.29) is 0 Å². The summed E-state index contributed by atoms with van der Waals surface area (Å²) in [6.45, 7) is 4.24. The number of hydrogen-bond acceptors (Lipinski definition) is 2. The topological polar surface area (TPSA) is 6.48 Å². The zero-order chi connectivity index (χ0) is 40.9. The Morgan fingerprint density at radius 2 is 0.567 bits per heavy atom. The van der Waals surface area contributed by atoms with E-state index in [1.807, 2.05) is 0 Å². The molecule has 60 heavy (non-hydrogen) atoms. The van der Waals surface area contributed by atoms with Crippen LogP contribution in [0, 0.1) is 13.8 Å². The van der Waals surface area contributed by atoms with Crippen molar-refractivity contribution in [2.75, 3.05) is 9.80 Å².